The zero-order valence-electron chi connectivity index (χ0n) is 17.6. The third kappa shape index (κ3) is 5.79. The molecule has 164 valence electrons. The van der Waals surface area contributed by atoms with E-state index in [-0.39, 0.29) is 24.2 Å². The van der Waals surface area contributed by atoms with Gasteiger partial charge in [0.15, 0.2) is 0 Å². The summed E-state index contributed by atoms with van der Waals surface area (Å²) in [6.45, 7) is 3.71. The molecule has 1 atom stereocenters. The lowest BCUT2D eigenvalue weighted by molar-refractivity contribution is -0.383. The maximum absolute atomic E-state index is 12.1. The number of anilines is 2. The second-order valence-electron chi connectivity index (χ2n) is 6.64. The summed E-state index contributed by atoms with van der Waals surface area (Å²) in [7, 11) is 1.22. The zero-order chi connectivity index (χ0) is 23.0. The summed E-state index contributed by atoms with van der Waals surface area (Å²) in [4.78, 5) is 32.6. The summed E-state index contributed by atoms with van der Waals surface area (Å²) in [6.07, 6.45) is 1.61. The van der Waals surface area contributed by atoms with Gasteiger partial charge in [0, 0.05) is 0 Å². The Hall–Kier alpha value is -3.94. The first-order chi connectivity index (χ1) is 14.8. The van der Waals surface area contributed by atoms with Crippen molar-refractivity contribution in [3.8, 4) is 12.1 Å². The van der Waals surface area contributed by atoms with E-state index in [4.69, 9.17) is 20.5 Å². The average molecular weight is 428 g/mol. The van der Waals surface area contributed by atoms with E-state index in [0.717, 1.165) is 12.8 Å². The third-order valence-corrected chi connectivity index (χ3v) is 4.57. The van der Waals surface area contributed by atoms with E-state index < -0.39 is 22.6 Å². The minimum atomic E-state index is -0.698. The normalized spacial score (nSPS) is 11.3. The van der Waals surface area contributed by atoms with Gasteiger partial charge in [-0.1, -0.05) is 25.5 Å². The Morgan fingerprint density at radius 3 is 2.58 bits per heavy atom. The van der Waals surface area contributed by atoms with Gasteiger partial charge in [-0.3, -0.25) is 14.9 Å². The molecule has 0 aliphatic heterocycles. The van der Waals surface area contributed by atoms with Crippen molar-refractivity contribution >= 4 is 23.3 Å². The summed E-state index contributed by atoms with van der Waals surface area (Å²) < 4.78 is 10.3. The standard InChI is InChI=1S/C20H24N6O5/c1-4-5-10-31-20-23-18(22)17(26(28)29)19(24-20)25(12-16(27)30-3)13(2)15-8-6-14(11-21)7-9-15/h6-9,13H,4-5,10,12H2,1-3H3,(H2,22,23,24). The highest BCUT2D eigenvalue weighted by molar-refractivity contribution is 5.79. The van der Waals surface area contributed by atoms with Gasteiger partial charge in [0.25, 0.3) is 0 Å². The van der Waals surface area contributed by atoms with Gasteiger partial charge < -0.3 is 20.1 Å². The van der Waals surface area contributed by atoms with Gasteiger partial charge in [-0.25, -0.2) is 0 Å². The second kappa shape index (κ2) is 10.7. The first kappa shape index (κ1) is 23.3. The molecule has 0 aliphatic rings. The quantitative estimate of drug-likeness (QED) is 0.258. The van der Waals surface area contributed by atoms with Crippen LogP contribution >= 0.6 is 0 Å². The Labute approximate surface area is 179 Å². The van der Waals surface area contributed by atoms with Crippen LogP contribution in [0.5, 0.6) is 6.01 Å². The number of nitrogen functional groups attached to an aromatic ring is 1. The number of rotatable bonds is 10. The number of nitro groups is 1. The number of nitriles is 1. The van der Waals surface area contributed by atoms with Crippen molar-refractivity contribution in [2.24, 2.45) is 0 Å². The fraction of sp³-hybridized carbons (Fsp3) is 0.400. The number of ether oxygens (including phenoxy) is 2. The van der Waals surface area contributed by atoms with E-state index in [1.807, 2.05) is 13.0 Å². The molecule has 0 saturated heterocycles. The van der Waals surface area contributed by atoms with Crippen molar-refractivity contribution in [1.29, 1.82) is 5.26 Å². The number of nitrogens with zero attached hydrogens (tertiary/aromatic N) is 5. The van der Waals surface area contributed by atoms with Crippen molar-refractivity contribution in [3.05, 3.63) is 45.5 Å². The molecule has 0 bridgehead atoms. The SMILES string of the molecule is CCCCOc1nc(N)c([N+](=O)[O-])c(N(CC(=O)OC)C(C)c2ccc(C#N)cc2)n1. The molecule has 0 amide bonds. The fourth-order valence-electron chi connectivity index (χ4n) is 2.80. The first-order valence-electron chi connectivity index (χ1n) is 9.60. The molecule has 1 aromatic carbocycles. The van der Waals surface area contributed by atoms with E-state index in [9.17, 15) is 14.9 Å². The van der Waals surface area contributed by atoms with Gasteiger partial charge in [0.05, 0.1) is 36.3 Å². The number of hydrogen-bond donors (Lipinski definition) is 1. The number of unbranched alkanes of at least 4 members (excludes halogenated alkanes) is 1. The summed E-state index contributed by atoms with van der Waals surface area (Å²) in [5, 5.41) is 20.8. The third-order valence-electron chi connectivity index (χ3n) is 4.57. The maximum Gasteiger partial charge on any atom is 0.353 e. The predicted molar refractivity (Wildman–Crippen MR) is 112 cm³/mol. The van der Waals surface area contributed by atoms with Crippen molar-refractivity contribution in [2.45, 2.75) is 32.7 Å². The lowest BCUT2D eigenvalue weighted by Crippen LogP contribution is -2.34. The number of carbonyl (C=O) groups is 1. The molecule has 0 spiro atoms. The van der Waals surface area contributed by atoms with Crippen LogP contribution in [0.4, 0.5) is 17.3 Å². The topological polar surface area (TPSA) is 158 Å². The van der Waals surface area contributed by atoms with Crippen LogP contribution in [0.15, 0.2) is 24.3 Å². The van der Waals surface area contributed by atoms with Crippen LogP contribution < -0.4 is 15.4 Å². The lowest BCUT2D eigenvalue weighted by Gasteiger charge is -2.29. The number of hydrogen-bond acceptors (Lipinski definition) is 10. The highest BCUT2D eigenvalue weighted by atomic mass is 16.6. The summed E-state index contributed by atoms with van der Waals surface area (Å²) >= 11 is 0. The summed E-state index contributed by atoms with van der Waals surface area (Å²) in [6, 6.07) is 7.98. The molecule has 0 fully saturated rings. The van der Waals surface area contributed by atoms with Crippen LogP contribution in [-0.4, -0.2) is 41.1 Å². The number of nitrogens with two attached hydrogens (primary N) is 1. The molecule has 2 aromatic rings. The molecular weight excluding hydrogens is 404 g/mol. The van der Waals surface area contributed by atoms with Crippen molar-refractivity contribution in [3.63, 3.8) is 0 Å². The Morgan fingerprint density at radius 2 is 2.03 bits per heavy atom. The van der Waals surface area contributed by atoms with Crippen LogP contribution in [0.3, 0.4) is 0 Å². The van der Waals surface area contributed by atoms with Gasteiger partial charge in [-0.05, 0) is 31.0 Å². The largest absolute Gasteiger partial charge is 0.468 e. The monoisotopic (exact) mass is 428 g/mol. The lowest BCUT2D eigenvalue weighted by atomic mass is 10.0. The number of aromatic nitrogens is 2. The molecular formula is C20H24N6O5. The van der Waals surface area contributed by atoms with E-state index >= 15 is 0 Å². The zero-order valence-corrected chi connectivity index (χ0v) is 17.6. The highest BCUT2D eigenvalue weighted by Crippen LogP contribution is 2.37. The summed E-state index contributed by atoms with van der Waals surface area (Å²) in [5.74, 6) is -1.16. The summed E-state index contributed by atoms with van der Waals surface area (Å²) in [5.41, 5.74) is 6.47. The van der Waals surface area contributed by atoms with Crippen LogP contribution in [0.25, 0.3) is 0 Å². The molecule has 31 heavy (non-hydrogen) atoms. The number of esters is 1. The smallest absolute Gasteiger partial charge is 0.353 e. The predicted octanol–water partition coefficient (Wildman–Crippen LogP) is 2.76. The van der Waals surface area contributed by atoms with Crippen LogP contribution in [0, 0.1) is 21.4 Å². The van der Waals surface area contributed by atoms with Gasteiger partial charge >= 0.3 is 17.7 Å². The van der Waals surface area contributed by atoms with Crippen LogP contribution in [0.2, 0.25) is 0 Å². The minimum absolute atomic E-state index is 0.117. The molecule has 11 heteroatoms. The Balaban J connectivity index is 2.58. The molecule has 0 radical (unpaired) electrons. The Bertz CT molecular complexity index is 973. The molecule has 2 N–H and O–H groups in total. The van der Waals surface area contributed by atoms with Crippen LogP contribution in [-0.2, 0) is 9.53 Å². The molecule has 0 aliphatic carbocycles. The van der Waals surface area contributed by atoms with E-state index in [1.54, 1.807) is 31.2 Å². The van der Waals surface area contributed by atoms with E-state index in [1.165, 1.54) is 12.0 Å². The van der Waals surface area contributed by atoms with Gasteiger partial charge in [-0.15, -0.1) is 0 Å². The molecule has 1 unspecified atom stereocenters. The molecule has 2 rings (SSSR count). The molecule has 11 nitrogen and oxygen atoms in total. The van der Waals surface area contributed by atoms with Crippen molar-refractivity contribution < 1.29 is 19.2 Å². The average Bonchev–Trinajstić information content (AvgIpc) is 2.76. The Morgan fingerprint density at radius 1 is 1.35 bits per heavy atom. The highest BCUT2D eigenvalue weighted by Gasteiger charge is 2.32. The van der Waals surface area contributed by atoms with Crippen molar-refractivity contribution in [2.75, 3.05) is 30.9 Å². The minimum Gasteiger partial charge on any atom is -0.468 e. The molecule has 1 aromatic heterocycles. The number of benzene rings is 1. The van der Waals surface area contributed by atoms with Gasteiger partial charge in [0.2, 0.25) is 11.6 Å². The first-order valence-corrected chi connectivity index (χ1v) is 9.60. The van der Waals surface area contributed by atoms with Crippen molar-refractivity contribution in [1.82, 2.24) is 9.97 Å². The van der Waals surface area contributed by atoms with Gasteiger partial charge in [0.1, 0.15) is 6.54 Å². The van der Waals surface area contributed by atoms with E-state index in [0.29, 0.717) is 17.7 Å². The number of carbonyl (C=O) groups excluding carboxylic acids is 1. The van der Waals surface area contributed by atoms with Gasteiger partial charge in [-0.2, -0.15) is 15.2 Å². The molecule has 0 saturated carbocycles. The second-order valence-corrected chi connectivity index (χ2v) is 6.64. The Kier molecular flexibility index (Phi) is 8.08. The number of methoxy groups -OCH3 is 1. The fourth-order valence-corrected chi connectivity index (χ4v) is 2.80. The van der Waals surface area contributed by atoms with Crippen LogP contribution in [0.1, 0.15) is 43.9 Å². The molecule has 1 heterocycles. The van der Waals surface area contributed by atoms with E-state index in [2.05, 4.69) is 9.97 Å². The maximum atomic E-state index is 12.1.